The van der Waals surface area contributed by atoms with Crippen LogP contribution in [0.4, 0.5) is 0 Å². The Morgan fingerprint density at radius 3 is 2.82 bits per heavy atom. The van der Waals surface area contributed by atoms with Crippen molar-refractivity contribution in [1.82, 2.24) is 15.5 Å². The molecule has 0 bridgehead atoms. The molecule has 3 rings (SSSR count). The molecule has 2 aromatic rings. The van der Waals surface area contributed by atoms with E-state index < -0.39 is 0 Å². The van der Waals surface area contributed by atoms with Crippen LogP contribution < -0.4 is 10.1 Å². The van der Waals surface area contributed by atoms with Crippen molar-refractivity contribution in [2.75, 3.05) is 13.7 Å². The molecule has 1 fully saturated rings. The fourth-order valence-electron chi connectivity index (χ4n) is 2.97. The van der Waals surface area contributed by atoms with Crippen molar-refractivity contribution in [3.05, 3.63) is 30.2 Å². The van der Waals surface area contributed by atoms with Crippen molar-refractivity contribution in [3.8, 4) is 17.1 Å². The minimum Gasteiger partial charge on any atom is -0.496 e. The number of aliphatic hydroxyl groups excluding tert-OH is 1. The molecule has 22 heavy (non-hydrogen) atoms. The predicted molar refractivity (Wildman–Crippen MR) is 81.4 cm³/mol. The maximum atomic E-state index is 9.60. The average Bonchev–Trinajstić information content (AvgIpc) is 3.23. The van der Waals surface area contributed by atoms with Crippen molar-refractivity contribution in [2.24, 2.45) is 0 Å². The molecule has 1 aliphatic rings. The van der Waals surface area contributed by atoms with Gasteiger partial charge in [0.2, 0.25) is 11.7 Å². The Hall–Kier alpha value is -1.92. The van der Waals surface area contributed by atoms with Crippen LogP contribution in [0.15, 0.2) is 28.8 Å². The lowest BCUT2D eigenvalue weighted by atomic mass is 9.99. The highest BCUT2D eigenvalue weighted by atomic mass is 16.5. The zero-order valence-corrected chi connectivity index (χ0v) is 12.7. The first-order chi connectivity index (χ1) is 10.8. The molecule has 0 aliphatic heterocycles. The molecule has 0 spiro atoms. The Morgan fingerprint density at radius 1 is 1.32 bits per heavy atom. The first-order valence-electron chi connectivity index (χ1n) is 7.58. The van der Waals surface area contributed by atoms with Crippen molar-refractivity contribution >= 4 is 0 Å². The fourth-order valence-corrected chi connectivity index (χ4v) is 2.97. The number of nitrogens with zero attached hydrogens (tertiary/aromatic N) is 2. The molecule has 1 heterocycles. The van der Waals surface area contributed by atoms with Crippen LogP contribution in [0.1, 0.15) is 31.6 Å². The van der Waals surface area contributed by atoms with E-state index in [1.165, 1.54) is 0 Å². The second-order valence-corrected chi connectivity index (χ2v) is 5.71. The average molecular weight is 303 g/mol. The van der Waals surface area contributed by atoms with Gasteiger partial charge in [0.1, 0.15) is 5.75 Å². The molecule has 6 heteroatoms. The van der Waals surface area contributed by atoms with Gasteiger partial charge in [0.15, 0.2) is 0 Å². The molecule has 1 aliphatic carbocycles. The maximum absolute atomic E-state index is 9.60. The van der Waals surface area contributed by atoms with E-state index in [1.807, 2.05) is 24.3 Å². The molecular formula is C16H21N3O3. The molecule has 1 saturated carbocycles. The van der Waals surface area contributed by atoms with E-state index in [2.05, 4.69) is 15.5 Å². The first-order valence-corrected chi connectivity index (χ1v) is 7.58. The number of hydrogen-bond donors (Lipinski definition) is 2. The lowest BCUT2D eigenvalue weighted by Crippen LogP contribution is -2.45. The monoisotopic (exact) mass is 303 g/mol. The van der Waals surface area contributed by atoms with Crippen LogP contribution in [0.2, 0.25) is 0 Å². The Balaban J connectivity index is 1.71. The third-order valence-electron chi connectivity index (χ3n) is 4.29. The predicted octanol–water partition coefficient (Wildman–Crippen LogP) is 2.14. The summed E-state index contributed by atoms with van der Waals surface area (Å²) in [7, 11) is 1.62. The number of hydrogen-bond acceptors (Lipinski definition) is 6. The Morgan fingerprint density at radius 2 is 2.09 bits per heavy atom. The van der Waals surface area contributed by atoms with Crippen molar-refractivity contribution in [1.29, 1.82) is 0 Å². The van der Waals surface area contributed by atoms with E-state index in [4.69, 9.17) is 9.26 Å². The largest absolute Gasteiger partial charge is 0.496 e. The summed E-state index contributed by atoms with van der Waals surface area (Å²) < 4.78 is 10.6. The summed E-state index contributed by atoms with van der Waals surface area (Å²) in [5.41, 5.74) is 0.608. The number of nitrogens with one attached hydrogen (secondary N) is 1. The summed E-state index contributed by atoms with van der Waals surface area (Å²) in [4.78, 5) is 4.41. The van der Waals surface area contributed by atoms with Crippen LogP contribution >= 0.6 is 0 Å². The van der Waals surface area contributed by atoms with Gasteiger partial charge in [-0.2, -0.15) is 4.98 Å². The third kappa shape index (κ3) is 2.98. The van der Waals surface area contributed by atoms with Crippen LogP contribution in [-0.2, 0) is 6.54 Å². The SMILES string of the molecule is COc1ccccc1-c1noc(CNC2(CO)CCCC2)n1. The van der Waals surface area contributed by atoms with Gasteiger partial charge in [-0.1, -0.05) is 30.1 Å². The molecule has 0 amide bonds. The van der Waals surface area contributed by atoms with Crippen LogP contribution in [0.5, 0.6) is 5.75 Å². The molecular weight excluding hydrogens is 282 g/mol. The topological polar surface area (TPSA) is 80.4 Å². The van der Waals surface area contributed by atoms with Gasteiger partial charge in [-0.05, 0) is 25.0 Å². The normalized spacial score (nSPS) is 16.8. The fraction of sp³-hybridized carbons (Fsp3) is 0.500. The number of ether oxygens (including phenoxy) is 1. The van der Waals surface area contributed by atoms with E-state index in [-0.39, 0.29) is 12.1 Å². The molecule has 6 nitrogen and oxygen atoms in total. The van der Waals surface area contributed by atoms with E-state index in [0.717, 1.165) is 31.2 Å². The highest BCUT2D eigenvalue weighted by Crippen LogP contribution is 2.30. The molecule has 0 atom stereocenters. The molecule has 118 valence electrons. The smallest absolute Gasteiger partial charge is 0.240 e. The lowest BCUT2D eigenvalue weighted by Gasteiger charge is -2.27. The minimum absolute atomic E-state index is 0.139. The van der Waals surface area contributed by atoms with Gasteiger partial charge < -0.3 is 19.7 Å². The lowest BCUT2D eigenvalue weighted by molar-refractivity contribution is 0.158. The number of methoxy groups -OCH3 is 1. The van der Waals surface area contributed by atoms with E-state index >= 15 is 0 Å². The highest BCUT2D eigenvalue weighted by Gasteiger charge is 2.32. The first kappa shape index (κ1) is 15.0. The molecule has 0 radical (unpaired) electrons. The highest BCUT2D eigenvalue weighted by molar-refractivity contribution is 5.63. The molecule has 1 aromatic carbocycles. The third-order valence-corrected chi connectivity index (χ3v) is 4.29. The van der Waals surface area contributed by atoms with Gasteiger partial charge in [0.05, 0.1) is 25.8 Å². The molecule has 0 saturated heterocycles. The number of rotatable bonds is 6. The summed E-state index contributed by atoms with van der Waals surface area (Å²) in [6.07, 6.45) is 4.25. The standard InChI is InChI=1S/C16H21N3O3/c1-21-13-7-3-2-6-12(13)15-18-14(22-19-15)10-17-16(11-20)8-4-5-9-16/h2-3,6-7,17,20H,4-5,8-11H2,1H3. The Labute approximate surface area is 129 Å². The van der Waals surface area contributed by atoms with Gasteiger partial charge >= 0.3 is 0 Å². The zero-order chi connectivity index (χ0) is 15.4. The van der Waals surface area contributed by atoms with Crippen LogP contribution in [-0.4, -0.2) is 34.5 Å². The second kappa shape index (κ2) is 6.46. The molecule has 0 unspecified atom stereocenters. The van der Waals surface area contributed by atoms with E-state index in [9.17, 15) is 5.11 Å². The number of benzene rings is 1. The maximum Gasteiger partial charge on any atom is 0.240 e. The minimum atomic E-state index is -0.195. The molecule has 2 N–H and O–H groups in total. The van der Waals surface area contributed by atoms with Gasteiger partial charge in [-0.3, -0.25) is 0 Å². The Bertz CT molecular complexity index is 621. The van der Waals surface area contributed by atoms with Gasteiger partial charge in [0, 0.05) is 5.54 Å². The zero-order valence-electron chi connectivity index (χ0n) is 12.7. The van der Waals surface area contributed by atoms with Gasteiger partial charge in [0.25, 0.3) is 0 Å². The van der Waals surface area contributed by atoms with Crippen LogP contribution in [0.3, 0.4) is 0 Å². The van der Waals surface area contributed by atoms with Crippen molar-refractivity contribution < 1.29 is 14.4 Å². The van der Waals surface area contributed by atoms with E-state index in [0.29, 0.717) is 24.0 Å². The Kier molecular flexibility index (Phi) is 4.40. The molecule has 1 aromatic heterocycles. The van der Waals surface area contributed by atoms with Crippen molar-refractivity contribution in [3.63, 3.8) is 0 Å². The van der Waals surface area contributed by atoms with Gasteiger partial charge in [-0.25, -0.2) is 0 Å². The number of aromatic nitrogens is 2. The van der Waals surface area contributed by atoms with Crippen LogP contribution in [0, 0.1) is 0 Å². The number of para-hydroxylation sites is 1. The summed E-state index contributed by atoms with van der Waals surface area (Å²) in [5.74, 6) is 1.74. The summed E-state index contributed by atoms with van der Waals surface area (Å²) >= 11 is 0. The van der Waals surface area contributed by atoms with Gasteiger partial charge in [-0.15, -0.1) is 0 Å². The number of aliphatic hydroxyl groups is 1. The van der Waals surface area contributed by atoms with Crippen LogP contribution in [0.25, 0.3) is 11.4 Å². The summed E-state index contributed by atoms with van der Waals surface area (Å²) in [6, 6.07) is 7.57. The van der Waals surface area contributed by atoms with Crippen molar-refractivity contribution in [2.45, 2.75) is 37.8 Å². The van der Waals surface area contributed by atoms with E-state index in [1.54, 1.807) is 7.11 Å². The quantitative estimate of drug-likeness (QED) is 0.851. The summed E-state index contributed by atoms with van der Waals surface area (Å²) in [5, 5.41) is 17.0. The second-order valence-electron chi connectivity index (χ2n) is 5.71. The summed E-state index contributed by atoms with van der Waals surface area (Å²) in [6.45, 7) is 0.600.